The van der Waals surface area contributed by atoms with Crippen molar-refractivity contribution in [3.63, 3.8) is 0 Å². The summed E-state index contributed by atoms with van der Waals surface area (Å²) in [4.78, 5) is 42.2. The van der Waals surface area contributed by atoms with Crippen LogP contribution in [0.5, 0.6) is 0 Å². The van der Waals surface area contributed by atoms with Crippen LogP contribution in [0.2, 0.25) is 5.02 Å². The average Bonchev–Trinajstić information content (AvgIpc) is 2.76. The number of imide groups is 1. The summed E-state index contributed by atoms with van der Waals surface area (Å²) in [5.41, 5.74) is 1.08. The largest absolute Gasteiger partial charge is 0.379 e. The highest BCUT2D eigenvalue weighted by Crippen LogP contribution is 2.20. The number of aromatic nitrogens is 2. The summed E-state index contributed by atoms with van der Waals surface area (Å²) in [6.45, 7) is 4.80. The molecule has 1 heterocycles. The third-order valence-electron chi connectivity index (χ3n) is 4.68. The van der Waals surface area contributed by atoms with Gasteiger partial charge in [-0.15, -0.1) is 0 Å². The minimum absolute atomic E-state index is 0.0540. The van der Waals surface area contributed by atoms with Crippen LogP contribution >= 0.6 is 23.4 Å². The van der Waals surface area contributed by atoms with Crippen LogP contribution in [0.25, 0.3) is 10.9 Å². The molecular weight excluding hydrogens is 462 g/mol. The molecule has 33 heavy (non-hydrogen) atoms. The van der Waals surface area contributed by atoms with Crippen LogP contribution in [0.4, 0.5) is 0 Å². The van der Waals surface area contributed by atoms with E-state index in [9.17, 15) is 14.4 Å². The molecule has 2 aromatic carbocycles. The predicted molar refractivity (Wildman–Crippen MR) is 131 cm³/mol. The predicted octanol–water partition coefficient (Wildman–Crippen LogP) is 3.84. The second-order valence-electron chi connectivity index (χ2n) is 7.71. The SMILES string of the molecule is CC(C)OCCCn1c(SCC(=O)NC(=O)Cc2ccccc2)nc2cc(Cl)ccc2c1=O. The summed E-state index contributed by atoms with van der Waals surface area (Å²) in [7, 11) is 0. The van der Waals surface area contributed by atoms with E-state index in [2.05, 4.69) is 10.3 Å². The molecule has 3 aromatic rings. The number of rotatable bonds is 10. The summed E-state index contributed by atoms with van der Waals surface area (Å²) < 4.78 is 7.12. The molecule has 0 aliphatic rings. The van der Waals surface area contributed by atoms with E-state index in [0.29, 0.717) is 40.7 Å². The first-order valence-corrected chi connectivity index (χ1v) is 12.0. The summed E-state index contributed by atoms with van der Waals surface area (Å²) in [5.74, 6) is -0.883. The molecule has 3 rings (SSSR count). The van der Waals surface area contributed by atoms with Crippen molar-refractivity contribution in [2.45, 2.75) is 44.5 Å². The van der Waals surface area contributed by atoms with E-state index >= 15 is 0 Å². The van der Waals surface area contributed by atoms with Gasteiger partial charge in [-0.3, -0.25) is 24.3 Å². The first-order valence-electron chi connectivity index (χ1n) is 10.6. The monoisotopic (exact) mass is 487 g/mol. The lowest BCUT2D eigenvalue weighted by molar-refractivity contribution is -0.128. The molecule has 0 unspecified atom stereocenters. The van der Waals surface area contributed by atoms with Gasteiger partial charge in [0.05, 0.1) is 29.2 Å². The van der Waals surface area contributed by atoms with Crippen molar-refractivity contribution in [3.05, 3.63) is 69.5 Å². The molecule has 0 saturated carbocycles. The summed E-state index contributed by atoms with van der Waals surface area (Å²) in [6, 6.07) is 14.1. The van der Waals surface area contributed by atoms with E-state index in [1.165, 1.54) is 0 Å². The fraction of sp³-hybridized carbons (Fsp3) is 0.333. The Labute approximate surface area is 201 Å². The van der Waals surface area contributed by atoms with Gasteiger partial charge >= 0.3 is 0 Å². The van der Waals surface area contributed by atoms with Crippen molar-refractivity contribution in [2.75, 3.05) is 12.4 Å². The molecule has 0 aliphatic carbocycles. The van der Waals surface area contributed by atoms with E-state index in [1.54, 1.807) is 22.8 Å². The number of thioether (sulfide) groups is 1. The quantitative estimate of drug-likeness (QED) is 0.265. The first kappa shape index (κ1) is 25.0. The number of nitrogens with zero attached hydrogens (tertiary/aromatic N) is 2. The van der Waals surface area contributed by atoms with Gasteiger partial charge < -0.3 is 4.74 Å². The third-order valence-corrected chi connectivity index (χ3v) is 5.89. The van der Waals surface area contributed by atoms with Crippen LogP contribution in [-0.2, 0) is 27.3 Å². The van der Waals surface area contributed by atoms with Gasteiger partial charge in [-0.2, -0.15) is 0 Å². The number of carbonyl (C=O) groups is 2. The number of carbonyl (C=O) groups excluding carboxylic acids is 2. The molecule has 174 valence electrons. The standard InChI is InChI=1S/C24H26ClN3O4S/c1-16(2)32-12-6-11-28-23(31)19-10-9-18(25)14-20(19)26-24(28)33-15-22(30)27-21(29)13-17-7-4-3-5-8-17/h3-5,7-10,14,16H,6,11-13,15H2,1-2H3,(H,27,29,30). The zero-order valence-electron chi connectivity index (χ0n) is 18.5. The van der Waals surface area contributed by atoms with Crippen LogP contribution in [0, 0.1) is 0 Å². The molecule has 0 bridgehead atoms. The highest BCUT2D eigenvalue weighted by Gasteiger charge is 2.15. The molecular formula is C24H26ClN3O4S. The van der Waals surface area contributed by atoms with Gasteiger partial charge in [0.15, 0.2) is 5.16 Å². The Morgan fingerprint density at radius 1 is 1.15 bits per heavy atom. The van der Waals surface area contributed by atoms with Gasteiger partial charge in [0.25, 0.3) is 5.56 Å². The number of hydrogen-bond acceptors (Lipinski definition) is 6. The first-order chi connectivity index (χ1) is 15.8. The fourth-order valence-corrected chi connectivity index (χ4v) is 4.16. The van der Waals surface area contributed by atoms with Crippen molar-refractivity contribution >= 4 is 46.1 Å². The molecule has 0 radical (unpaired) electrons. The summed E-state index contributed by atoms with van der Waals surface area (Å²) in [6.07, 6.45) is 0.836. The Balaban J connectivity index is 1.71. The molecule has 0 spiro atoms. The van der Waals surface area contributed by atoms with E-state index < -0.39 is 5.91 Å². The molecule has 0 fully saturated rings. The molecule has 9 heteroatoms. The van der Waals surface area contributed by atoms with Gasteiger partial charge in [0, 0.05) is 18.2 Å². The smallest absolute Gasteiger partial charge is 0.262 e. The Morgan fingerprint density at radius 3 is 2.64 bits per heavy atom. The highest BCUT2D eigenvalue weighted by atomic mass is 35.5. The fourth-order valence-electron chi connectivity index (χ4n) is 3.17. The number of halogens is 1. The van der Waals surface area contributed by atoms with Crippen molar-refractivity contribution in [1.82, 2.24) is 14.9 Å². The Hall–Kier alpha value is -2.68. The highest BCUT2D eigenvalue weighted by molar-refractivity contribution is 7.99. The van der Waals surface area contributed by atoms with Gasteiger partial charge in [0.1, 0.15) is 0 Å². The van der Waals surface area contributed by atoms with Gasteiger partial charge in [-0.05, 0) is 44.0 Å². The summed E-state index contributed by atoms with van der Waals surface area (Å²) >= 11 is 7.18. The van der Waals surface area contributed by atoms with Crippen LogP contribution in [0.1, 0.15) is 25.8 Å². The van der Waals surface area contributed by atoms with Gasteiger partial charge in [-0.25, -0.2) is 4.98 Å². The molecule has 1 N–H and O–H groups in total. The van der Waals surface area contributed by atoms with Gasteiger partial charge in [0.2, 0.25) is 11.8 Å². The Bertz CT molecular complexity index is 1180. The van der Waals surface area contributed by atoms with Crippen molar-refractivity contribution < 1.29 is 14.3 Å². The second-order valence-corrected chi connectivity index (χ2v) is 9.09. The van der Waals surface area contributed by atoms with E-state index in [4.69, 9.17) is 16.3 Å². The number of hydrogen-bond donors (Lipinski definition) is 1. The molecule has 1 aromatic heterocycles. The van der Waals surface area contributed by atoms with Crippen LogP contribution in [0.3, 0.4) is 0 Å². The minimum Gasteiger partial charge on any atom is -0.379 e. The lowest BCUT2D eigenvalue weighted by Gasteiger charge is -2.14. The van der Waals surface area contributed by atoms with E-state index in [1.807, 2.05) is 44.2 Å². The second kappa shape index (κ2) is 12.0. The minimum atomic E-state index is -0.448. The zero-order valence-corrected chi connectivity index (χ0v) is 20.1. The van der Waals surface area contributed by atoms with Crippen LogP contribution < -0.4 is 10.9 Å². The van der Waals surface area contributed by atoms with E-state index in [0.717, 1.165) is 17.3 Å². The Kier molecular flexibility index (Phi) is 9.05. The third kappa shape index (κ3) is 7.42. The van der Waals surface area contributed by atoms with Crippen LogP contribution in [-0.4, -0.2) is 39.8 Å². The lowest BCUT2D eigenvalue weighted by Crippen LogP contribution is -2.33. The van der Waals surface area contributed by atoms with Crippen molar-refractivity contribution in [3.8, 4) is 0 Å². The number of nitrogens with one attached hydrogen (secondary N) is 1. The molecule has 0 aliphatic heterocycles. The topological polar surface area (TPSA) is 90.3 Å². The van der Waals surface area contributed by atoms with Gasteiger partial charge in [-0.1, -0.05) is 53.7 Å². The maximum atomic E-state index is 13.1. The number of ether oxygens (including phenoxy) is 1. The zero-order chi connectivity index (χ0) is 23.8. The lowest BCUT2D eigenvalue weighted by atomic mass is 10.1. The normalized spacial score (nSPS) is 11.2. The molecule has 0 atom stereocenters. The average molecular weight is 488 g/mol. The van der Waals surface area contributed by atoms with Crippen molar-refractivity contribution in [2.24, 2.45) is 0 Å². The van der Waals surface area contributed by atoms with E-state index in [-0.39, 0.29) is 29.7 Å². The Morgan fingerprint density at radius 2 is 1.91 bits per heavy atom. The number of amides is 2. The number of fused-ring (bicyclic) bond motifs is 1. The summed E-state index contributed by atoms with van der Waals surface area (Å²) in [5, 5.41) is 3.71. The van der Waals surface area contributed by atoms with Crippen LogP contribution in [0.15, 0.2) is 58.5 Å². The number of benzene rings is 2. The molecule has 2 amide bonds. The maximum Gasteiger partial charge on any atom is 0.262 e. The maximum absolute atomic E-state index is 13.1. The molecule has 0 saturated heterocycles. The van der Waals surface area contributed by atoms with Crippen molar-refractivity contribution in [1.29, 1.82) is 0 Å². The molecule has 7 nitrogen and oxygen atoms in total.